The fraction of sp³-hybridized carbons (Fsp3) is 0.538. The van der Waals surface area contributed by atoms with Crippen molar-refractivity contribution < 1.29 is 23.8 Å². The Kier molecular flexibility index (Phi) is 12.0. The molecule has 3 aromatic heterocycles. The molecule has 0 saturated heterocycles. The summed E-state index contributed by atoms with van der Waals surface area (Å²) in [5, 5.41) is 17.8. The van der Waals surface area contributed by atoms with E-state index in [1.165, 1.54) is 0 Å². The van der Waals surface area contributed by atoms with Gasteiger partial charge in [0.15, 0.2) is 5.65 Å². The van der Waals surface area contributed by atoms with E-state index in [0.717, 1.165) is 22.6 Å². The standard InChI is InChI=1S/C39H55N9O5/c1-37(2,3)30-21-31(43-33(42-30)34(49)40-23-39(6,7)47(8)19-20-51-9)44-36(50)41-28-16-17-29(27-14-12-11-13-26(27)28)53-25-15-18-32-45-46-35(48(32)22-25)38(4,5)24-52-10/h11-15,18,21-22,28-29H,16-17,19-20,23-24H2,1-10H3,(H,40,49)(H2,41,42,43,44,50)/t28-,29+/m0/s1. The van der Waals surface area contributed by atoms with Gasteiger partial charge in [0, 0.05) is 49.7 Å². The summed E-state index contributed by atoms with van der Waals surface area (Å²) in [5.41, 5.74) is 2.24. The highest BCUT2D eigenvalue weighted by atomic mass is 16.5. The molecule has 0 fully saturated rings. The first-order valence-electron chi connectivity index (χ1n) is 18.1. The summed E-state index contributed by atoms with van der Waals surface area (Å²) >= 11 is 0. The molecule has 0 aliphatic heterocycles. The zero-order chi connectivity index (χ0) is 38.6. The maximum Gasteiger partial charge on any atom is 0.320 e. The lowest BCUT2D eigenvalue weighted by atomic mass is 9.85. The average molecular weight is 730 g/mol. The van der Waals surface area contributed by atoms with Crippen molar-refractivity contribution in [1.29, 1.82) is 0 Å². The number of likely N-dealkylation sites (N-methyl/N-ethyl adjacent to an activating group) is 1. The van der Waals surface area contributed by atoms with E-state index < -0.39 is 17.4 Å². The summed E-state index contributed by atoms with van der Waals surface area (Å²) in [6.07, 6.45) is 3.02. The molecule has 0 saturated carbocycles. The molecule has 0 radical (unpaired) electrons. The van der Waals surface area contributed by atoms with Gasteiger partial charge in [0.25, 0.3) is 5.91 Å². The lowest BCUT2D eigenvalue weighted by Gasteiger charge is -2.35. The zero-order valence-corrected chi connectivity index (χ0v) is 32.7. The molecule has 3 N–H and O–H groups in total. The molecular weight excluding hydrogens is 674 g/mol. The Balaban J connectivity index is 1.29. The molecule has 1 aromatic carbocycles. The number of carbonyl (C=O) groups is 2. The van der Waals surface area contributed by atoms with Crippen LogP contribution in [0.2, 0.25) is 0 Å². The summed E-state index contributed by atoms with van der Waals surface area (Å²) < 4.78 is 19.2. The Morgan fingerprint density at radius 1 is 0.943 bits per heavy atom. The van der Waals surface area contributed by atoms with Crippen LogP contribution >= 0.6 is 0 Å². The number of hydrogen-bond donors (Lipinski definition) is 3. The van der Waals surface area contributed by atoms with Gasteiger partial charge in [-0.15, -0.1) is 10.2 Å². The molecular formula is C39H55N9O5. The van der Waals surface area contributed by atoms with Gasteiger partial charge in [0.1, 0.15) is 23.5 Å². The molecule has 0 bridgehead atoms. The minimum Gasteiger partial charge on any atom is -0.484 e. The molecule has 2 atom stereocenters. The number of nitrogens with zero attached hydrogens (tertiary/aromatic N) is 6. The van der Waals surface area contributed by atoms with Crippen LogP contribution in [0.3, 0.4) is 0 Å². The number of fused-ring (bicyclic) bond motifs is 2. The second-order valence-electron chi connectivity index (χ2n) is 16.0. The number of hydrogen-bond acceptors (Lipinski definition) is 10. The van der Waals surface area contributed by atoms with Crippen LogP contribution in [0.4, 0.5) is 10.6 Å². The van der Waals surface area contributed by atoms with Crippen molar-refractivity contribution in [1.82, 2.24) is 40.1 Å². The second kappa shape index (κ2) is 16.1. The van der Waals surface area contributed by atoms with Crippen molar-refractivity contribution >= 4 is 23.4 Å². The number of carbonyl (C=O) groups excluding carboxylic acids is 2. The number of rotatable bonds is 14. The number of aromatic nitrogens is 5. The van der Waals surface area contributed by atoms with Gasteiger partial charge in [-0.25, -0.2) is 14.8 Å². The fourth-order valence-corrected chi connectivity index (χ4v) is 6.36. The molecule has 14 heteroatoms. The molecule has 1 aliphatic carbocycles. The van der Waals surface area contributed by atoms with Crippen LogP contribution in [0.1, 0.15) is 107 Å². The Labute approximate surface area is 312 Å². The largest absolute Gasteiger partial charge is 0.484 e. The first kappa shape index (κ1) is 39.5. The minimum atomic E-state index is -0.431. The Morgan fingerprint density at radius 3 is 2.38 bits per heavy atom. The van der Waals surface area contributed by atoms with Crippen LogP contribution in [-0.2, 0) is 20.3 Å². The lowest BCUT2D eigenvalue weighted by molar-refractivity contribution is 0.0831. The smallest absolute Gasteiger partial charge is 0.320 e. The number of methoxy groups -OCH3 is 2. The normalized spacial score (nSPS) is 16.4. The summed E-state index contributed by atoms with van der Waals surface area (Å²) in [7, 11) is 5.33. The quantitative estimate of drug-likeness (QED) is 0.149. The third-order valence-electron chi connectivity index (χ3n) is 9.79. The zero-order valence-electron chi connectivity index (χ0n) is 32.7. The topological polar surface area (TPSA) is 157 Å². The van der Waals surface area contributed by atoms with Crippen molar-refractivity contribution in [2.45, 2.75) is 89.8 Å². The average Bonchev–Trinajstić information content (AvgIpc) is 3.54. The highest BCUT2D eigenvalue weighted by Crippen LogP contribution is 2.39. The minimum absolute atomic E-state index is 0.00915. The summed E-state index contributed by atoms with van der Waals surface area (Å²) in [6.45, 7) is 16.4. The van der Waals surface area contributed by atoms with Gasteiger partial charge in [0.05, 0.1) is 31.1 Å². The van der Waals surface area contributed by atoms with Crippen molar-refractivity contribution in [2.24, 2.45) is 0 Å². The predicted molar refractivity (Wildman–Crippen MR) is 203 cm³/mol. The predicted octanol–water partition coefficient (Wildman–Crippen LogP) is 5.60. The maximum absolute atomic E-state index is 13.5. The van der Waals surface area contributed by atoms with Crippen LogP contribution in [-0.4, -0.2) is 94.5 Å². The van der Waals surface area contributed by atoms with E-state index in [1.807, 2.05) is 88.7 Å². The number of pyridine rings is 1. The van der Waals surface area contributed by atoms with Crippen LogP contribution < -0.4 is 20.7 Å². The van der Waals surface area contributed by atoms with E-state index >= 15 is 0 Å². The van der Waals surface area contributed by atoms with Crippen LogP contribution in [0.15, 0.2) is 48.7 Å². The molecule has 5 rings (SSSR count). The van der Waals surface area contributed by atoms with Crippen molar-refractivity contribution in [2.75, 3.05) is 52.9 Å². The number of nitrogens with one attached hydrogen (secondary N) is 3. The molecule has 1 aliphatic rings. The monoisotopic (exact) mass is 729 g/mol. The first-order chi connectivity index (χ1) is 25.0. The third-order valence-corrected chi connectivity index (χ3v) is 9.79. The Morgan fingerprint density at radius 2 is 1.68 bits per heavy atom. The van der Waals surface area contributed by atoms with E-state index in [9.17, 15) is 9.59 Å². The Hall–Kier alpha value is -4.66. The highest BCUT2D eigenvalue weighted by molar-refractivity contribution is 5.92. The van der Waals surface area contributed by atoms with Gasteiger partial charge in [-0.2, -0.15) is 0 Å². The van der Waals surface area contributed by atoms with Crippen molar-refractivity contribution in [3.63, 3.8) is 0 Å². The molecule has 53 heavy (non-hydrogen) atoms. The van der Waals surface area contributed by atoms with Gasteiger partial charge >= 0.3 is 6.03 Å². The molecule has 286 valence electrons. The molecule has 0 unspecified atom stereocenters. The van der Waals surface area contributed by atoms with Crippen molar-refractivity contribution in [3.05, 3.63) is 77.1 Å². The molecule has 0 spiro atoms. The maximum atomic E-state index is 13.5. The van der Waals surface area contributed by atoms with Gasteiger partial charge in [-0.05, 0) is 57.0 Å². The number of benzene rings is 1. The van der Waals surface area contributed by atoms with Gasteiger partial charge < -0.3 is 24.8 Å². The van der Waals surface area contributed by atoms with Crippen molar-refractivity contribution in [3.8, 4) is 5.75 Å². The SMILES string of the molecule is COCCN(C)C(C)(C)CNC(=O)c1nc(NC(=O)N[C@H]2CC[C@@H](Oc3ccc4nnc(C(C)(C)COC)n4c3)c3ccccc32)cc(C(C)(C)C)n1. The molecule has 3 heterocycles. The van der Waals surface area contributed by atoms with Gasteiger partial charge in [-0.1, -0.05) is 58.9 Å². The van der Waals surface area contributed by atoms with E-state index in [-0.39, 0.29) is 34.7 Å². The number of urea groups is 1. The molecule has 14 nitrogen and oxygen atoms in total. The summed E-state index contributed by atoms with van der Waals surface area (Å²) in [5.74, 6) is 1.29. The molecule has 3 amide bonds. The van der Waals surface area contributed by atoms with E-state index in [1.54, 1.807) is 20.3 Å². The molecule has 4 aromatic rings. The number of ether oxygens (including phenoxy) is 3. The third kappa shape index (κ3) is 9.48. The summed E-state index contributed by atoms with van der Waals surface area (Å²) in [6, 6.07) is 12.8. The van der Waals surface area contributed by atoms with Gasteiger partial charge in [-0.3, -0.25) is 19.4 Å². The number of amides is 3. The van der Waals surface area contributed by atoms with Crippen LogP contribution in [0, 0.1) is 0 Å². The first-order valence-corrected chi connectivity index (χ1v) is 18.1. The van der Waals surface area contributed by atoms with E-state index in [0.29, 0.717) is 50.6 Å². The van der Waals surface area contributed by atoms with E-state index in [4.69, 9.17) is 14.2 Å². The fourth-order valence-electron chi connectivity index (χ4n) is 6.36. The highest BCUT2D eigenvalue weighted by Gasteiger charge is 2.31. The van der Waals surface area contributed by atoms with Gasteiger partial charge in [0.2, 0.25) is 5.82 Å². The lowest BCUT2D eigenvalue weighted by Crippen LogP contribution is -2.51. The van der Waals surface area contributed by atoms with E-state index in [2.05, 4.69) is 54.9 Å². The second-order valence-corrected chi connectivity index (χ2v) is 16.0. The van der Waals surface area contributed by atoms with Crippen LogP contribution in [0.25, 0.3) is 5.65 Å². The number of anilines is 1. The summed E-state index contributed by atoms with van der Waals surface area (Å²) in [4.78, 5) is 38.1. The Bertz CT molecular complexity index is 1900. The van der Waals surface area contributed by atoms with Crippen LogP contribution in [0.5, 0.6) is 5.75 Å².